The van der Waals surface area contributed by atoms with Gasteiger partial charge >= 0.3 is 0 Å². The van der Waals surface area contributed by atoms with Crippen LogP contribution in [-0.2, 0) is 10.0 Å². The van der Waals surface area contributed by atoms with Crippen molar-refractivity contribution < 1.29 is 12.8 Å². The molecule has 1 unspecified atom stereocenters. The highest BCUT2D eigenvalue weighted by Crippen LogP contribution is 2.35. The molecule has 0 saturated heterocycles. The molecule has 2 heterocycles. The van der Waals surface area contributed by atoms with E-state index in [9.17, 15) is 8.42 Å². The SMILES string of the molecule is CS(=O)(=O)N1N=C(c2ccco2)CC1c1cccc(Br)c1. The molecule has 1 atom stereocenters. The molecule has 5 nitrogen and oxygen atoms in total. The molecule has 21 heavy (non-hydrogen) atoms. The first-order valence-electron chi connectivity index (χ1n) is 6.31. The van der Waals surface area contributed by atoms with Crippen molar-refractivity contribution in [2.45, 2.75) is 12.5 Å². The minimum Gasteiger partial charge on any atom is -0.463 e. The van der Waals surface area contributed by atoms with E-state index in [0.717, 1.165) is 20.7 Å². The number of hydrogen-bond acceptors (Lipinski definition) is 4. The minimum absolute atomic E-state index is 0.349. The Morgan fingerprint density at radius 2 is 2.14 bits per heavy atom. The molecule has 0 fully saturated rings. The Morgan fingerprint density at radius 1 is 1.33 bits per heavy atom. The van der Waals surface area contributed by atoms with E-state index in [0.29, 0.717) is 17.9 Å². The lowest BCUT2D eigenvalue weighted by atomic mass is 10.0. The van der Waals surface area contributed by atoms with Crippen molar-refractivity contribution in [1.29, 1.82) is 0 Å². The Bertz CT molecular complexity index is 784. The first-order chi connectivity index (χ1) is 9.95. The molecule has 0 bridgehead atoms. The van der Waals surface area contributed by atoms with Crippen LogP contribution in [-0.4, -0.2) is 24.8 Å². The molecule has 3 rings (SSSR count). The van der Waals surface area contributed by atoms with Gasteiger partial charge in [0.05, 0.1) is 18.6 Å². The van der Waals surface area contributed by atoms with Crippen LogP contribution in [0, 0.1) is 0 Å². The summed E-state index contributed by atoms with van der Waals surface area (Å²) in [5.74, 6) is 0.598. The highest BCUT2D eigenvalue weighted by Gasteiger charge is 2.35. The van der Waals surface area contributed by atoms with Gasteiger partial charge in [0.1, 0.15) is 11.5 Å². The number of halogens is 1. The van der Waals surface area contributed by atoms with Crippen LogP contribution >= 0.6 is 15.9 Å². The number of hydrogen-bond donors (Lipinski definition) is 0. The third kappa shape index (κ3) is 2.89. The van der Waals surface area contributed by atoms with Gasteiger partial charge in [-0.25, -0.2) is 8.42 Å². The molecule has 1 aliphatic heterocycles. The zero-order valence-electron chi connectivity index (χ0n) is 11.2. The second-order valence-corrected chi connectivity index (χ2v) is 7.59. The summed E-state index contributed by atoms with van der Waals surface area (Å²) < 4.78 is 31.4. The van der Waals surface area contributed by atoms with Gasteiger partial charge in [0.25, 0.3) is 0 Å². The Kier molecular flexibility index (Phi) is 3.62. The van der Waals surface area contributed by atoms with Crippen LogP contribution < -0.4 is 0 Å². The lowest BCUT2D eigenvalue weighted by Crippen LogP contribution is -2.25. The number of hydrazone groups is 1. The van der Waals surface area contributed by atoms with Crippen molar-refractivity contribution in [3.8, 4) is 0 Å². The van der Waals surface area contributed by atoms with Crippen molar-refractivity contribution in [2.24, 2.45) is 5.10 Å². The molecule has 0 N–H and O–H groups in total. The first kappa shape index (κ1) is 14.3. The molecular formula is C14H13BrN2O3S. The van der Waals surface area contributed by atoms with Crippen molar-refractivity contribution in [1.82, 2.24) is 4.41 Å². The van der Waals surface area contributed by atoms with Crippen LogP contribution in [0.15, 0.2) is 56.7 Å². The third-order valence-electron chi connectivity index (χ3n) is 3.25. The summed E-state index contributed by atoms with van der Waals surface area (Å²) in [6.45, 7) is 0. The molecule has 2 aromatic rings. The lowest BCUT2D eigenvalue weighted by molar-refractivity contribution is 0.374. The maximum atomic E-state index is 12.0. The molecule has 0 saturated carbocycles. The summed E-state index contributed by atoms with van der Waals surface area (Å²) in [6, 6.07) is 10.8. The average Bonchev–Trinajstić information content (AvgIpc) is 3.07. The second-order valence-electron chi connectivity index (χ2n) is 4.83. The first-order valence-corrected chi connectivity index (χ1v) is 8.95. The van der Waals surface area contributed by atoms with Crippen molar-refractivity contribution >= 4 is 31.7 Å². The maximum absolute atomic E-state index is 12.0. The predicted octanol–water partition coefficient (Wildman–Crippen LogP) is 3.15. The Labute approximate surface area is 131 Å². The fourth-order valence-corrected chi connectivity index (χ4v) is 3.67. The fraction of sp³-hybridized carbons (Fsp3) is 0.214. The molecule has 110 valence electrons. The summed E-state index contributed by atoms with van der Waals surface area (Å²) >= 11 is 3.41. The van der Waals surface area contributed by atoms with Gasteiger partial charge in [0.2, 0.25) is 10.0 Å². The minimum atomic E-state index is -3.45. The van der Waals surface area contributed by atoms with Crippen LogP contribution in [0.4, 0.5) is 0 Å². The van der Waals surface area contributed by atoms with Crippen molar-refractivity contribution in [3.05, 3.63) is 58.5 Å². The van der Waals surface area contributed by atoms with Crippen LogP contribution in [0.1, 0.15) is 23.8 Å². The van der Waals surface area contributed by atoms with E-state index in [4.69, 9.17) is 4.42 Å². The average molecular weight is 369 g/mol. The highest BCUT2D eigenvalue weighted by atomic mass is 79.9. The second kappa shape index (κ2) is 5.31. The quantitative estimate of drug-likeness (QED) is 0.835. The van der Waals surface area contributed by atoms with Crippen LogP contribution in [0.3, 0.4) is 0 Å². The van der Waals surface area contributed by atoms with Gasteiger partial charge in [0, 0.05) is 10.9 Å². The molecule has 1 aromatic heterocycles. The predicted molar refractivity (Wildman–Crippen MR) is 83.4 cm³/mol. The van der Waals surface area contributed by atoms with E-state index < -0.39 is 10.0 Å². The molecule has 0 radical (unpaired) electrons. The Balaban J connectivity index is 2.02. The Hall–Kier alpha value is -1.60. The molecule has 1 aliphatic rings. The van der Waals surface area contributed by atoms with E-state index in [-0.39, 0.29) is 6.04 Å². The van der Waals surface area contributed by atoms with E-state index in [2.05, 4.69) is 21.0 Å². The summed E-state index contributed by atoms with van der Waals surface area (Å²) in [4.78, 5) is 0. The molecule has 7 heteroatoms. The fourth-order valence-electron chi connectivity index (χ4n) is 2.35. The van der Waals surface area contributed by atoms with Crippen LogP contribution in [0.5, 0.6) is 0 Å². The summed E-state index contributed by atoms with van der Waals surface area (Å²) in [7, 11) is -3.45. The summed E-state index contributed by atoms with van der Waals surface area (Å²) in [5, 5.41) is 4.24. The largest absolute Gasteiger partial charge is 0.463 e. The summed E-state index contributed by atoms with van der Waals surface area (Å²) in [5.41, 5.74) is 1.52. The van der Waals surface area contributed by atoms with Gasteiger partial charge in [0.15, 0.2) is 0 Å². The van der Waals surface area contributed by atoms with Gasteiger partial charge in [-0.2, -0.15) is 9.52 Å². The zero-order chi connectivity index (χ0) is 15.0. The van der Waals surface area contributed by atoms with Gasteiger partial charge in [-0.15, -0.1) is 0 Å². The van der Waals surface area contributed by atoms with Gasteiger partial charge < -0.3 is 4.42 Å². The molecule has 0 aliphatic carbocycles. The van der Waals surface area contributed by atoms with Gasteiger partial charge in [-0.05, 0) is 29.8 Å². The van der Waals surface area contributed by atoms with E-state index >= 15 is 0 Å². The molecule has 1 aromatic carbocycles. The monoisotopic (exact) mass is 368 g/mol. The maximum Gasteiger partial charge on any atom is 0.247 e. The van der Waals surface area contributed by atoms with E-state index in [1.54, 1.807) is 18.4 Å². The number of sulfonamides is 1. The van der Waals surface area contributed by atoms with E-state index in [1.807, 2.05) is 24.3 Å². The van der Waals surface area contributed by atoms with E-state index in [1.165, 1.54) is 0 Å². The molecular weight excluding hydrogens is 356 g/mol. The summed E-state index contributed by atoms with van der Waals surface area (Å²) in [6.07, 6.45) is 3.19. The number of furan rings is 1. The molecule has 0 spiro atoms. The number of rotatable bonds is 3. The Morgan fingerprint density at radius 3 is 2.76 bits per heavy atom. The van der Waals surface area contributed by atoms with Crippen molar-refractivity contribution in [3.63, 3.8) is 0 Å². The third-order valence-corrected chi connectivity index (χ3v) is 4.76. The number of nitrogens with zero attached hydrogens (tertiary/aromatic N) is 2. The smallest absolute Gasteiger partial charge is 0.247 e. The number of benzene rings is 1. The molecule has 0 amide bonds. The van der Waals surface area contributed by atoms with Crippen LogP contribution in [0.2, 0.25) is 0 Å². The normalized spacial score (nSPS) is 18.9. The van der Waals surface area contributed by atoms with Crippen molar-refractivity contribution in [2.75, 3.05) is 6.26 Å². The topological polar surface area (TPSA) is 62.9 Å². The highest BCUT2D eigenvalue weighted by molar-refractivity contribution is 9.10. The lowest BCUT2D eigenvalue weighted by Gasteiger charge is -2.21. The van der Waals surface area contributed by atoms with Gasteiger partial charge in [-0.1, -0.05) is 28.1 Å². The standard InChI is InChI=1S/C14H13BrN2O3S/c1-21(18,19)17-13(10-4-2-5-11(15)8-10)9-12(16-17)14-6-3-7-20-14/h2-8,13H,9H2,1H3. The zero-order valence-corrected chi connectivity index (χ0v) is 13.6. The van der Waals surface area contributed by atoms with Crippen LogP contribution in [0.25, 0.3) is 0 Å². The van der Waals surface area contributed by atoms with Gasteiger partial charge in [-0.3, -0.25) is 0 Å².